The number of carbonyl (C=O) groups is 4. The average Bonchev–Trinajstić information content (AvgIpc) is 3.01. The summed E-state index contributed by atoms with van der Waals surface area (Å²) in [6.07, 6.45) is 23.0. The van der Waals surface area contributed by atoms with Crippen LogP contribution in [0, 0.1) is 0 Å². The van der Waals surface area contributed by atoms with Crippen LogP contribution in [-0.4, -0.2) is 59.1 Å². The second-order valence-corrected chi connectivity index (χ2v) is 12.7. The van der Waals surface area contributed by atoms with Gasteiger partial charge in [0.2, 0.25) is 17.7 Å². The molecule has 1 aliphatic rings. The largest absolute Gasteiger partial charge is 0.343 e. The van der Waals surface area contributed by atoms with E-state index in [9.17, 15) is 19.2 Å². The predicted octanol–water partition coefficient (Wildman–Crippen LogP) is 7.75. The maximum absolute atomic E-state index is 13.2. The van der Waals surface area contributed by atoms with Crippen molar-refractivity contribution >= 4 is 23.6 Å². The quantitative estimate of drug-likeness (QED) is 0.0902. The van der Waals surface area contributed by atoms with E-state index in [4.69, 9.17) is 0 Å². The Hall–Kier alpha value is -2.54. The molecule has 0 bridgehead atoms. The van der Waals surface area contributed by atoms with Gasteiger partial charge < -0.3 is 5.32 Å². The number of benzene rings is 1. The number of likely N-dealkylation sites (tertiary alicyclic amines) is 1. The van der Waals surface area contributed by atoms with Gasteiger partial charge in [0, 0.05) is 6.42 Å². The van der Waals surface area contributed by atoms with Crippen molar-refractivity contribution in [1.29, 1.82) is 0 Å². The Morgan fingerprint density at radius 1 is 0.727 bits per heavy atom. The van der Waals surface area contributed by atoms with Crippen molar-refractivity contribution in [3.63, 3.8) is 0 Å². The summed E-state index contributed by atoms with van der Waals surface area (Å²) >= 11 is 0. The fourth-order valence-corrected chi connectivity index (χ4v) is 6.03. The summed E-state index contributed by atoms with van der Waals surface area (Å²) in [4.78, 5) is 54.7. The maximum atomic E-state index is 13.2. The van der Waals surface area contributed by atoms with Crippen LogP contribution >= 0.6 is 0 Å². The van der Waals surface area contributed by atoms with Crippen LogP contribution < -0.4 is 5.32 Å². The molecule has 7 heteroatoms. The predicted molar refractivity (Wildman–Crippen MR) is 179 cm³/mol. The molecule has 1 aromatic carbocycles. The van der Waals surface area contributed by atoms with Gasteiger partial charge >= 0.3 is 0 Å². The summed E-state index contributed by atoms with van der Waals surface area (Å²) in [5.41, 5.74) is 0.743. The number of carbonyl (C=O) groups excluding carboxylic acids is 4. The zero-order valence-electron chi connectivity index (χ0n) is 28.0. The molecule has 7 nitrogen and oxygen atoms in total. The van der Waals surface area contributed by atoms with Crippen LogP contribution in [0.1, 0.15) is 148 Å². The zero-order valence-corrected chi connectivity index (χ0v) is 28.0. The first-order valence-electron chi connectivity index (χ1n) is 17.9. The highest BCUT2D eigenvalue weighted by atomic mass is 16.2. The van der Waals surface area contributed by atoms with Crippen molar-refractivity contribution in [2.45, 2.75) is 155 Å². The molecule has 1 unspecified atom stereocenters. The molecule has 1 aliphatic heterocycles. The summed E-state index contributed by atoms with van der Waals surface area (Å²) in [5, 5.41) is 2.86. The highest BCUT2D eigenvalue weighted by Gasteiger charge is 2.39. The molecule has 1 atom stereocenters. The standard InChI is InChI=1S/C37H61N3O4/c1-3-5-7-9-11-13-15-17-22-28-39(29-23-18-16-14-12-10-8-6-4-2)31-34(41)38-33-26-27-35(42)40(37(33)44)36(43)30-32-24-20-19-21-25-32/h19-21,24-25,33H,3-18,22-23,26-31H2,1-2H3,(H,38,41). The van der Waals surface area contributed by atoms with E-state index in [1.165, 1.54) is 103 Å². The summed E-state index contributed by atoms with van der Waals surface area (Å²) in [7, 11) is 0. The average molecular weight is 612 g/mol. The van der Waals surface area contributed by atoms with Crippen LogP contribution in [0.5, 0.6) is 0 Å². The van der Waals surface area contributed by atoms with Gasteiger partial charge in [-0.2, -0.15) is 0 Å². The normalized spacial score (nSPS) is 15.2. The number of nitrogens with one attached hydrogen (secondary N) is 1. The number of amides is 4. The summed E-state index contributed by atoms with van der Waals surface area (Å²) in [6.45, 7) is 6.48. The van der Waals surface area contributed by atoms with Crippen molar-refractivity contribution in [2.24, 2.45) is 0 Å². The summed E-state index contributed by atoms with van der Waals surface area (Å²) in [5.74, 6) is -1.85. The van der Waals surface area contributed by atoms with Crippen molar-refractivity contribution in [3.05, 3.63) is 35.9 Å². The summed E-state index contributed by atoms with van der Waals surface area (Å²) < 4.78 is 0. The van der Waals surface area contributed by atoms with E-state index in [-0.39, 0.29) is 31.7 Å². The number of imide groups is 3. The lowest BCUT2D eigenvalue weighted by Crippen LogP contribution is -2.57. The van der Waals surface area contributed by atoms with Crippen molar-refractivity contribution in [2.75, 3.05) is 19.6 Å². The van der Waals surface area contributed by atoms with E-state index in [2.05, 4.69) is 24.1 Å². The van der Waals surface area contributed by atoms with E-state index in [1.54, 1.807) is 12.1 Å². The molecule has 1 aromatic rings. The number of rotatable bonds is 25. The number of hydrogen-bond acceptors (Lipinski definition) is 5. The molecule has 0 saturated carbocycles. The third-order valence-corrected chi connectivity index (χ3v) is 8.72. The molecule has 1 fully saturated rings. The topological polar surface area (TPSA) is 86.8 Å². The minimum Gasteiger partial charge on any atom is -0.343 e. The lowest BCUT2D eigenvalue weighted by atomic mass is 10.0. The first-order chi connectivity index (χ1) is 21.5. The van der Waals surface area contributed by atoms with Crippen LogP contribution in [-0.2, 0) is 25.6 Å². The van der Waals surface area contributed by atoms with E-state index >= 15 is 0 Å². The van der Waals surface area contributed by atoms with Crippen LogP contribution in [0.4, 0.5) is 0 Å². The number of unbranched alkanes of at least 4 members (excludes halogenated alkanes) is 16. The van der Waals surface area contributed by atoms with Gasteiger partial charge in [-0.25, -0.2) is 4.90 Å². The molecule has 1 saturated heterocycles. The molecular weight excluding hydrogens is 550 g/mol. The van der Waals surface area contributed by atoms with Crippen LogP contribution in [0.25, 0.3) is 0 Å². The molecule has 0 aromatic heterocycles. The van der Waals surface area contributed by atoms with E-state index in [1.807, 2.05) is 18.2 Å². The molecule has 1 heterocycles. The van der Waals surface area contributed by atoms with Gasteiger partial charge in [-0.3, -0.25) is 24.1 Å². The Labute approximate surface area is 267 Å². The molecule has 1 N–H and O–H groups in total. The smallest absolute Gasteiger partial charge is 0.258 e. The Bertz CT molecular complexity index is 929. The maximum Gasteiger partial charge on any atom is 0.258 e. The minimum absolute atomic E-state index is 0.0236. The van der Waals surface area contributed by atoms with Crippen molar-refractivity contribution < 1.29 is 19.2 Å². The second kappa shape index (κ2) is 23.8. The Morgan fingerprint density at radius 2 is 1.20 bits per heavy atom. The van der Waals surface area contributed by atoms with Gasteiger partial charge in [0.15, 0.2) is 0 Å². The number of piperidine rings is 1. The van der Waals surface area contributed by atoms with E-state index in [0.29, 0.717) is 0 Å². The van der Waals surface area contributed by atoms with Crippen molar-refractivity contribution in [3.8, 4) is 0 Å². The highest BCUT2D eigenvalue weighted by Crippen LogP contribution is 2.16. The summed E-state index contributed by atoms with van der Waals surface area (Å²) in [6, 6.07) is 8.24. The molecule has 0 aliphatic carbocycles. The third kappa shape index (κ3) is 16.0. The fourth-order valence-electron chi connectivity index (χ4n) is 6.03. The molecule has 2 rings (SSSR count). The Morgan fingerprint density at radius 3 is 1.70 bits per heavy atom. The third-order valence-electron chi connectivity index (χ3n) is 8.72. The first-order valence-corrected chi connectivity index (χ1v) is 17.9. The van der Waals surface area contributed by atoms with Gasteiger partial charge in [0.25, 0.3) is 5.91 Å². The first kappa shape index (κ1) is 37.6. The van der Waals surface area contributed by atoms with Crippen LogP contribution in [0.2, 0.25) is 0 Å². The van der Waals surface area contributed by atoms with Crippen LogP contribution in [0.15, 0.2) is 30.3 Å². The lowest BCUT2D eigenvalue weighted by molar-refractivity contribution is -0.158. The van der Waals surface area contributed by atoms with Crippen LogP contribution in [0.3, 0.4) is 0 Å². The monoisotopic (exact) mass is 611 g/mol. The lowest BCUT2D eigenvalue weighted by Gasteiger charge is -2.30. The molecule has 248 valence electrons. The zero-order chi connectivity index (χ0) is 31.8. The molecule has 0 radical (unpaired) electrons. The van der Waals surface area contributed by atoms with E-state index in [0.717, 1.165) is 36.4 Å². The second-order valence-electron chi connectivity index (χ2n) is 12.7. The van der Waals surface area contributed by atoms with Gasteiger partial charge in [-0.15, -0.1) is 0 Å². The van der Waals surface area contributed by atoms with Gasteiger partial charge in [0.05, 0.1) is 13.0 Å². The van der Waals surface area contributed by atoms with Gasteiger partial charge in [0.1, 0.15) is 6.04 Å². The Kier molecular flexibility index (Phi) is 20.4. The number of hydrogen-bond donors (Lipinski definition) is 1. The molecule has 4 amide bonds. The fraction of sp³-hybridized carbons (Fsp3) is 0.730. The molecule has 0 spiro atoms. The number of nitrogens with zero attached hydrogens (tertiary/aromatic N) is 2. The molecule has 44 heavy (non-hydrogen) atoms. The minimum atomic E-state index is -0.845. The van der Waals surface area contributed by atoms with E-state index < -0.39 is 23.8 Å². The Balaban J connectivity index is 1.82. The molecular formula is C37H61N3O4. The highest BCUT2D eigenvalue weighted by molar-refractivity contribution is 6.14. The van der Waals surface area contributed by atoms with Gasteiger partial charge in [-0.05, 0) is 37.9 Å². The SMILES string of the molecule is CCCCCCCCCCCN(CCCCCCCCCCC)CC(=O)NC1CCC(=O)N(C(=O)Cc2ccccc2)C1=O. The van der Waals surface area contributed by atoms with Crippen molar-refractivity contribution in [1.82, 2.24) is 15.1 Å². The van der Waals surface area contributed by atoms with Gasteiger partial charge in [-0.1, -0.05) is 147 Å².